The highest BCUT2D eigenvalue weighted by Gasteiger charge is 2.36. The van der Waals surface area contributed by atoms with E-state index in [0.29, 0.717) is 41.8 Å². The monoisotopic (exact) mass is 368 g/mol. The van der Waals surface area contributed by atoms with Crippen molar-refractivity contribution in [2.24, 2.45) is 5.92 Å². The minimum absolute atomic E-state index is 0.0898. The Morgan fingerprint density at radius 3 is 2.89 bits per heavy atom. The van der Waals surface area contributed by atoms with Gasteiger partial charge >= 0.3 is 0 Å². The van der Waals surface area contributed by atoms with E-state index in [0.717, 1.165) is 0 Å². The minimum Gasteiger partial charge on any atom is -0.492 e. The quantitative estimate of drug-likeness (QED) is 0.878. The molecule has 2 amide bonds. The summed E-state index contributed by atoms with van der Waals surface area (Å²) in [5.74, 6) is 1.18. The highest BCUT2D eigenvalue weighted by atomic mass is 16.7. The van der Waals surface area contributed by atoms with Gasteiger partial charge in [0.05, 0.1) is 18.2 Å². The maximum Gasteiger partial charge on any atom is 0.231 e. The molecular formula is C20H20N2O5. The molecule has 27 heavy (non-hydrogen) atoms. The summed E-state index contributed by atoms with van der Waals surface area (Å²) in [6.07, 6.45) is 0.164. The number of carbonyl (C=O) groups is 2. The number of fused-ring (bicyclic) bond motifs is 1. The normalized spacial score (nSPS) is 17.9. The zero-order valence-electron chi connectivity index (χ0n) is 14.9. The maximum absolute atomic E-state index is 12.7. The van der Waals surface area contributed by atoms with Gasteiger partial charge in [0.15, 0.2) is 11.5 Å². The van der Waals surface area contributed by atoms with Crippen molar-refractivity contribution in [1.29, 1.82) is 0 Å². The Kier molecular flexibility index (Phi) is 4.58. The lowest BCUT2D eigenvalue weighted by Gasteiger charge is -2.20. The molecule has 2 aliphatic rings. The van der Waals surface area contributed by atoms with Crippen LogP contribution in [-0.4, -0.2) is 31.8 Å². The first-order valence-corrected chi connectivity index (χ1v) is 8.88. The third-order valence-electron chi connectivity index (χ3n) is 4.59. The summed E-state index contributed by atoms with van der Waals surface area (Å²) in [7, 11) is 0. The molecular weight excluding hydrogens is 348 g/mol. The van der Waals surface area contributed by atoms with Gasteiger partial charge in [-0.3, -0.25) is 9.59 Å². The van der Waals surface area contributed by atoms with Crippen LogP contribution in [0.5, 0.6) is 17.2 Å². The topological polar surface area (TPSA) is 77.1 Å². The molecule has 1 fully saturated rings. The van der Waals surface area contributed by atoms with Crippen LogP contribution in [-0.2, 0) is 9.59 Å². The van der Waals surface area contributed by atoms with E-state index in [4.69, 9.17) is 14.2 Å². The second kappa shape index (κ2) is 7.19. The molecule has 0 bridgehead atoms. The van der Waals surface area contributed by atoms with Crippen molar-refractivity contribution < 1.29 is 23.8 Å². The van der Waals surface area contributed by atoms with Crippen molar-refractivity contribution in [3.8, 4) is 17.2 Å². The lowest BCUT2D eigenvalue weighted by Crippen LogP contribution is -2.28. The minimum atomic E-state index is -0.433. The van der Waals surface area contributed by atoms with Crippen LogP contribution in [0.4, 0.5) is 11.4 Å². The largest absolute Gasteiger partial charge is 0.492 e. The van der Waals surface area contributed by atoms with Gasteiger partial charge in [0.2, 0.25) is 18.6 Å². The highest BCUT2D eigenvalue weighted by Crippen LogP contribution is 2.36. The molecule has 1 unspecified atom stereocenters. The molecule has 0 saturated carbocycles. The first kappa shape index (κ1) is 17.2. The molecule has 2 heterocycles. The summed E-state index contributed by atoms with van der Waals surface area (Å²) in [5.41, 5.74) is 1.31. The predicted molar refractivity (Wildman–Crippen MR) is 99.3 cm³/mol. The average molecular weight is 368 g/mol. The summed E-state index contributed by atoms with van der Waals surface area (Å²) in [5, 5.41) is 2.86. The number of ether oxygens (including phenoxy) is 3. The van der Waals surface area contributed by atoms with Crippen LogP contribution in [0.1, 0.15) is 13.3 Å². The Balaban J connectivity index is 1.47. The molecule has 1 N–H and O–H groups in total. The van der Waals surface area contributed by atoms with E-state index in [2.05, 4.69) is 5.32 Å². The fourth-order valence-corrected chi connectivity index (χ4v) is 3.29. The van der Waals surface area contributed by atoms with E-state index in [1.165, 1.54) is 0 Å². The van der Waals surface area contributed by atoms with Gasteiger partial charge in [-0.25, -0.2) is 0 Å². The van der Waals surface area contributed by atoms with Gasteiger partial charge in [-0.1, -0.05) is 12.1 Å². The third-order valence-corrected chi connectivity index (χ3v) is 4.59. The Morgan fingerprint density at radius 2 is 2.04 bits per heavy atom. The molecule has 1 saturated heterocycles. The van der Waals surface area contributed by atoms with Gasteiger partial charge in [0, 0.05) is 24.7 Å². The fraction of sp³-hybridized carbons (Fsp3) is 0.300. The molecule has 0 aliphatic carbocycles. The van der Waals surface area contributed by atoms with Gasteiger partial charge < -0.3 is 24.4 Å². The first-order valence-electron chi connectivity index (χ1n) is 8.88. The highest BCUT2D eigenvalue weighted by molar-refractivity contribution is 6.04. The number of para-hydroxylation sites is 2. The Hall–Kier alpha value is -3.22. The number of carbonyl (C=O) groups excluding carboxylic acids is 2. The molecule has 0 aromatic heterocycles. The number of benzene rings is 2. The summed E-state index contributed by atoms with van der Waals surface area (Å²) in [4.78, 5) is 26.8. The molecule has 1 atom stereocenters. The van der Waals surface area contributed by atoms with Crippen molar-refractivity contribution in [2.45, 2.75) is 13.3 Å². The van der Waals surface area contributed by atoms with E-state index in [-0.39, 0.29) is 25.0 Å². The molecule has 2 aromatic carbocycles. The number of hydrogen-bond acceptors (Lipinski definition) is 5. The Bertz CT molecular complexity index is 882. The molecule has 4 rings (SSSR count). The van der Waals surface area contributed by atoms with Gasteiger partial charge in [0.25, 0.3) is 0 Å². The molecule has 2 aliphatic heterocycles. The summed E-state index contributed by atoms with van der Waals surface area (Å²) in [6.45, 7) is 2.90. The zero-order valence-corrected chi connectivity index (χ0v) is 14.9. The standard InChI is InChI=1S/C20H20N2O5/c1-2-25-16-6-4-3-5-15(16)22-11-13(9-19(22)23)20(24)21-14-7-8-17-18(10-14)27-12-26-17/h3-8,10,13H,2,9,11-12H2,1H3,(H,21,24). The molecule has 0 radical (unpaired) electrons. The van der Waals surface area contributed by atoms with Crippen molar-refractivity contribution in [2.75, 3.05) is 30.2 Å². The lowest BCUT2D eigenvalue weighted by atomic mass is 10.1. The van der Waals surface area contributed by atoms with Crippen molar-refractivity contribution in [1.82, 2.24) is 0 Å². The van der Waals surface area contributed by atoms with Crippen LogP contribution in [0.15, 0.2) is 42.5 Å². The number of nitrogens with zero attached hydrogens (tertiary/aromatic N) is 1. The lowest BCUT2D eigenvalue weighted by molar-refractivity contribution is -0.122. The molecule has 2 aromatic rings. The van der Waals surface area contributed by atoms with E-state index >= 15 is 0 Å². The van der Waals surface area contributed by atoms with Gasteiger partial charge in [-0.15, -0.1) is 0 Å². The van der Waals surface area contributed by atoms with E-state index in [1.807, 2.05) is 31.2 Å². The number of hydrogen-bond donors (Lipinski definition) is 1. The van der Waals surface area contributed by atoms with Crippen LogP contribution >= 0.6 is 0 Å². The van der Waals surface area contributed by atoms with Crippen LogP contribution in [0.2, 0.25) is 0 Å². The fourth-order valence-electron chi connectivity index (χ4n) is 3.29. The van der Waals surface area contributed by atoms with Gasteiger partial charge in [0.1, 0.15) is 5.75 Å². The number of amides is 2. The van der Waals surface area contributed by atoms with Crippen molar-refractivity contribution in [3.05, 3.63) is 42.5 Å². The first-order chi connectivity index (χ1) is 13.2. The van der Waals surface area contributed by atoms with Crippen molar-refractivity contribution >= 4 is 23.2 Å². The van der Waals surface area contributed by atoms with Crippen molar-refractivity contribution in [3.63, 3.8) is 0 Å². The van der Waals surface area contributed by atoms with E-state index in [9.17, 15) is 9.59 Å². The van der Waals surface area contributed by atoms with E-state index in [1.54, 1.807) is 23.1 Å². The molecule has 0 spiro atoms. The Labute approximate surface area is 156 Å². The number of anilines is 2. The SMILES string of the molecule is CCOc1ccccc1N1CC(C(=O)Nc2ccc3c(c2)OCO3)CC1=O. The van der Waals surface area contributed by atoms with Gasteiger partial charge in [-0.05, 0) is 31.2 Å². The third kappa shape index (κ3) is 3.40. The predicted octanol–water partition coefficient (Wildman–Crippen LogP) is 2.81. The number of rotatable bonds is 5. The van der Waals surface area contributed by atoms with E-state index < -0.39 is 5.92 Å². The van der Waals surface area contributed by atoms with Crippen LogP contribution in [0, 0.1) is 5.92 Å². The van der Waals surface area contributed by atoms with Gasteiger partial charge in [-0.2, -0.15) is 0 Å². The Morgan fingerprint density at radius 1 is 1.22 bits per heavy atom. The smallest absolute Gasteiger partial charge is 0.231 e. The number of nitrogens with one attached hydrogen (secondary N) is 1. The summed E-state index contributed by atoms with van der Waals surface area (Å²) < 4.78 is 16.2. The zero-order chi connectivity index (χ0) is 18.8. The molecule has 7 nitrogen and oxygen atoms in total. The second-order valence-electron chi connectivity index (χ2n) is 6.36. The molecule has 7 heteroatoms. The van der Waals surface area contributed by atoms with Crippen LogP contribution < -0.4 is 24.4 Å². The molecule has 140 valence electrons. The average Bonchev–Trinajstić information content (AvgIpc) is 3.28. The van der Waals surface area contributed by atoms with Crippen LogP contribution in [0.3, 0.4) is 0 Å². The van der Waals surface area contributed by atoms with Crippen LogP contribution in [0.25, 0.3) is 0 Å². The summed E-state index contributed by atoms with van der Waals surface area (Å²) >= 11 is 0. The maximum atomic E-state index is 12.7. The second-order valence-corrected chi connectivity index (χ2v) is 6.36. The summed E-state index contributed by atoms with van der Waals surface area (Å²) in [6, 6.07) is 12.6.